The van der Waals surface area contributed by atoms with Gasteiger partial charge >= 0.3 is 6.03 Å². The van der Waals surface area contributed by atoms with Gasteiger partial charge in [-0.2, -0.15) is 0 Å². The van der Waals surface area contributed by atoms with Gasteiger partial charge < -0.3 is 19.9 Å². The summed E-state index contributed by atoms with van der Waals surface area (Å²) in [5, 5.41) is 3.03. The molecule has 20 heavy (non-hydrogen) atoms. The SMILES string of the molecule is CN(C)C(=O)N1CCC(CNC(=O)[C@H]2CCOC2)CC1. The van der Waals surface area contributed by atoms with Crippen molar-refractivity contribution in [3.63, 3.8) is 0 Å². The van der Waals surface area contributed by atoms with E-state index in [0.29, 0.717) is 19.1 Å². The van der Waals surface area contributed by atoms with Crippen molar-refractivity contribution >= 4 is 11.9 Å². The van der Waals surface area contributed by atoms with E-state index >= 15 is 0 Å². The summed E-state index contributed by atoms with van der Waals surface area (Å²) in [6.07, 6.45) is 2.75. The Balaban J connectivity index is 1.66. The number of piperidine rings is 1. The summed E-state index contributed by atoms with van der Waals surface area (Å²) < 4.78 is 5.22. The van der Waals surface area contributed by atoms with Crippen LogP contribution in [-0.4, -0.2) is 68.7 Å². The van der Waals surface area contributed by atoms with E-state index in [1.54, 1.807) is 19.0 Å². The summed E-state index contributed by atoms with van der Waals surface area (Å²) in [5.41, 5.74) is 0. The fourth-order valence-corrected chi connectivity index (χ4v) is 2.74. The molecule has 2 saturated heterocycles. The maximum absolute atomic E-state index is 11.9. The Bertz CT molecular complexity index is 346. The number of hydrogen-bond donors (Lipinski definition) is 1. The van der Waals surface area contributed by atoms with E-state index in [1.165, 1.54) is 0 Å². The van der Waals surface area contributed by atoms with Crippen molar-refractivity contribution in [3.8, 4) is 0 Å². The molecule has 6 nitrogen and oxygen atoms in total. The van der Waals surface area contributed by atoms with E-state index in [2.05, 4.69) is 5.32 Å². The molecule has 0 spiro atoms. The normalized spacial score (nSPS) is 23.7. The van der Waals surface area contributed by atoms with Gasteiger partial charge in [0.25, 0.3) is 0 Å². The number of ether oxygens (including phenoxy) is 1. The molecule has 0 bridgehead atoms. The molecule has 2 heterocycles. The number of carbonyl (C=O) groups is 2. The van der Waals surface area contributed by atoms with Gasteiger partial charge in [0.15, 0.2) is 0 Å². The highest BCUT2D eigenvalue weighted by Crippen LogP contribution is 2.18. The number of carbonyl (C=O) groups excluding carboxylic acids is 2. The zero-order valence-electron chi connectivity index (χ0n) is 12.4. The van der Waals surface area contributed by atoms with Gasteiger partial charge in [0.05, 0.1) is 12.5 Å². The van der Waals surface area contributed by atoms with Crippen LogP contribution < -0.4 is 5.32 Å². The molecule has 1 N–H and O–H groups in total. The van der Waals surface area contributed by atoms with Crippen molar-refractivity contribution < 1.29 is 14.3 Å². The predicted octanol–water partition coefficient (Wildman–Crippen LogP) is 0.533. The maximum atomic E-state index is 11.9. The quantitative estimate of drug-likeness (QED) is 0.822. The van der Waals surface area contributed by atoms with Crippen LogP contribution in [0.2, 0.25) is 0 Å². The number of rotatable bonds is 3. The fourth-order valence-electron chi connectivity index (χ4n) is 2.74. The van der Waals surface area contributed by atoms with Crippen LogP contribution in [0.1, 0.15) is 19.3 Å². The lowest BCUT2D eigenvalue weighted by Gasteiger charge is -2.33. The molecule has 2 aliphatic heterocycles. The molecule has 0 aromatic heterocycles. The second-order valence-corrected chi connectivity index (χ2v) is 5.91. The van der Waals surface area contributed by atoms with Gasteiger partial charge in [-0.25, -0.2) is 4.79 Å². The number of nitrogens with zero attached hydrogens (tertiary/aromatic N) is 2. The van der Waals surface area contributed by atoms with Crippen molar-refractivity contribution in [1.82, 2.24) is 15.1 Å². The predicted molar refractivity (Wildman–Crippen MR) is 75.3 cm³/mol. The Kier molecular flexibility index (Phi) is 5.23. The third-order valence-corrected chi connectivity index (χ3v) is 4.13. The van der Waals surface area contributed by atoms with Crippen LogP contribution in [0, 0.1) is 11.8 Å². The standard InChI is InChI=1S/C14H25N3O3/c1-16(2)14(19)17-6-3-11(4-7-17)9-15-13(18)12-5-8-20-10-12/h11-12H,3-10H2,1-2H3,(H,15,18)/t12-/m0/s1. The molecule has 2 fully saturated rings. The molecule has 0 saturated carbocycles. The van der Waals surface area contributed by atoms with Crippen LogP contribution in [0.25, 0.3) is 0 Å². The fraction of sp³-hybridized carbons (Fsp3) is 0.857. The minimum Gasteiger partial charge on any atom is -0.381 e. The maximum Gasteiger partial charge on any atom is 0.319 e. The first-order chi connectivity index (χ1) is 9.58. The summed E-state index contributed by atoms with van der Waals surface area (Å²) >= 11 is 0. The molecule has 0 aliphatic carbocycles. The van der Waals surface area contributed by atoms with Gasteiger partial charge in [-0.05, 0) is 25.2 Å². The van der Waals surface area contributed by atoms with Crippen molar-refractivity contribution in [2.24, 2.45) is 11.8 Å². The molecular formula is C14H25N3O3. The summed E-state index contributed by atoms with van der Waals surface area (Å²) in [5.74, 6) is 0.632. The van der Waals surface area contributed by atoms with E-state index in [0.717, 1.165) is 38.9 Å². The summed E-state index contributed by atoms with van der Waals surface area (Å²) in [4.78, 5) is 27.2. The van der Waals surface area contributed by atoms with E-state index in [-0.39, 0.29) is 17.9 Å². The number of likely N-dealkylation sites (tertiary alicyclic amines) is 1. The lowest BCUT2D eigenvalue weighted by Crippen LogP contribution is -2.45. The Morgan fingerprint density at radius 1 is 1.25 bits per heavy atom. The Hall–Kier alpha value is -1.30. The van der Waals surface area contributed by atoms with Crippen LogP contribution in [0.3, 0.4) is 0 Å². The summed E-state index contributed by atoms with van der Waals surface area (Å²) in [6.45, 7) is 3.54. The molecule has 0 aromatic carbocycles. The number of amides is 3. The first-order valence-electron chi connectivity index (χ1n) is 7.39. The molecule has 2 aliphatic rings. The molecule has 114 valence electrons. The van der Waals surface area contributed by atoms with Gasteiger partial charge in [-0.3, -0.25) is 4.79 Å². The Morgan fingerprint density at radius 3 is 2.50 bits per heavy atom. The molecule has 2 rings (SSSR count). The number of hydrogen-bond acceptors (Lipinski definition) is 3. The van der Waals surface area contributed by atoms with Crippen LogP contribution in [0.15, 0.2) is 0 Å². The van der Waals surface area contributed by atoms with Crippen LogP contribution >= 0.6 is 0 Å². The van der Waals surface area contributed by atoms with E-state index in [4.69, 9.17) is 4.74 Å². The van der Waals surface area contributed by atoms with Crippen LogP contribution in [0.5, 0.6) is 0 Å². The topological polar surface area (TPSA) is 61.9 Å². The van der Waals surface area contributed by atoms with Gasteiger partial charge in [0.1, 0.15) is 0 Å². The third-order valence-electron chi connectivity index (χ3n) is 4.13. The van der Waals surface area contributed by atoms with Crippen molar-refractivity contribution in [2.75, 3.05) is 46.9 Å². The second kappa shape index (κ2) is 6.92. The van der Waals surface area contributed by atoms with Crippen LogP contribution in [0.4, 0.5) is 4.79 Å². The zero-order valence-corrected chi connectivity index (χ0v) is 12.4. The lowest BCUT2D eigenvalue weighted by molar-refractivity contribution is -0.125. The van der Waals surface area contributed by atoms with Gasteiger partial charge in [-0.1, -0.05) is 0 Å². The molecule has 6 heteroatoms. The average molecular weight is 283 g/mol. The molecular weight excluding hydrogens is 258 g/mol. The highest BCUT2D eigenvalue weighted by atomic mass is 16.5. The highest BCUT2D eigenvalue weighted by Gasteiger charge is 2.26. The second-order valence-electron chi connectivity index (χ2n) is 5.91. The smallest absolute Gasteiger partial charge is 0.319 e. The van der Waals surface area contributed by atoms with Gasteiger partial charge in [0.2, 0.25) is 5.91 Å². The van der Waals surface area contributed by atoms with E-state index in [9.17, 15) is 9.59 Å². The molecule has 0 aromatic rings. The van der Waals surface area contributed by atoms with Gasteiger partial charge in [-0.15, -0.1) is 0 Å². The summed E-state index contributed by atoms with van der Waals surface area (Å²) in [6, 6.07) is 0.0792. The Morgan fingerprint density at radius 2 is 1.95 bits per heavy atom. The largest absolute Gasteiger partial charge is 0.381 e. The molecule has 0 radical (unpaired) electrons. The zero-order chi connectivity index (χ0) is 14.5. The third kappa shape index (κ3) is 3.85. The number of urea groups is 1. The first kappa shape index (κ1) is 15.1. The summed E-state index contributed by atoms with van der Waals surface area (Å²) in [7, 11) is 3.55. The van der Waals surface area contributed by atoms with Crippen molar-refractivity contribution in [3.05, 3.63) is 0 Å². The number of nitrogens with one attached hydrogen (secondary N) is 1. The highest BCUT2D eigenvalue weighted by molar-refractivity contribution is 5.79. The first-order valence-corrected chi connectivity index (χ1v) is 7.39. The minimum absolute atomic E-state index is 0.0328. The minimum atomic E-state index is 0.0328. The van der Waals surface area contributed by atoms with E-state index < -0.39 is 0 Å². The van der Waals surface area contributed by atoms with Crippen molar-refractivity contribution in [2.45, 2.75) is 19.3 Å². The average Bonchev–Trinajstić information content (AvgIpc) is 2.98. The lowest BCUT2D eigenvalue weighted by atomic mass is 9.96. The molecule has 0 unspecified atom stereocenters. The van der Waals surface area contributed by atoms with Crippen molar-refractivity contribution in [1.29, 1.82) is 0 Å². The van der Waals surface area contributed by atoms with Crippen LogP contribution in [-0.2, 0) is 9.53 Å². The Labute approximate surface area is 120 Å². The van der Waals surface area contributed by atoms with E-state index in [1.807, 2.05) is 4.90 Å². The monoisotopic (exact) mass is 283 g/mol. The van der Waals surface area contributed by atoms with Gasteiger partial charge in [0, 0.05) is 40.3 Å². The molecule has 1 atom stereocenters. The molecule has 3 amide bonds.